The normalized spacial score (nSPS) is 18.2. The van der Waals surface area contributed by atoms with Gasteiger partial charge in [0, 0.05) is 23.7 Å². The van der Waals surface area contributed by atoms with Crippen LogP contribution >= 0.6 is 0 Å². The number of carbonyl (C=O) groups is 3. The summed E-state index contributed by atoms with van der Waals surface area (Å²) in [4.78, 5) is 34.9. The molecule has 2 aromatic rings. The van der Waals surface area contributed by atoms with Gasteiger partial charge in [0.2, 0.25) is 5.91 Å². The van der Waals surface area contributed by atoms with Crippen molar-refractivity contribution in [1.29, 1.82) is 0 Å². The quantitative estimate of drug-likeness (QED) is 0.515. The van der Waals surface area contributed by atoms with Crippen LogP contribution in [0.2, 0.25) is 0 Å². The van der Waals surface area contributed by atoms with Crippen LogP contribution in [0.3, 0.4) is 0 Å². The topological polar surface area (TPSA) is 133 Å². The van der Waals surface area contributed by atoms with E-state index in [2.05, 4.69) is 20.8 Å². The highest BCUT2D eigenvalue weighted by Crippen LogP contribution is 2.35. The molecule has 1 fully saturated rings. The average molecular weight is 414 g/mol. The highest BCUT2D eigenvalue weighted by atomic mass is 16.6. The van der Waals surface area contributed by atoms with Crippen LogP contribution in [0.25, 0.3) is 0 Å². The highest BCUT2D eigenvalue weighted by Gasteiger charge is 2.30. The van der Waals surface area contributed by atoms with E-state index >= 15 is 0 Å². The Balaban J connectivity index is 1.52. The number of nitrogens with one attached hydrogen (secondary N) is 3. The number of rotatable bonds is 7. The molecule has 1 saturated carbocycles. The summed E-state index contributed by atoms with van der Waals surface area (Å²) in [6.07, 6.45) is 2.38. The van der Waals surface area contributed by atoms with E-state index in [1.807, 2.05) is 13.8 Å². The molecule has 30 heavy (non-hydrogen) atoms. The van der Waals surface area contributed by atoms with Gasteiger partial charge in [-0.25, -0.2) is 4.79 Å². The molecule has 2 atom stereocenters. The maximum Gasteiger partial charge on any atom is 0.407 e. The first-order valence-electron chi connectivity index (χ1n) is 9.93. The van der Waals surface area contributed by atoms with Crippen molar-refractivity contribution in [2.24, 2.45) is 0 Å². The Kier molecular flexibility index (Phi) is 6.71. The Morgan fingerprint density at radius 1 is 1.33 bits per heavy atom. The van der Waals surface area contributed by atoms with Gasteiger partial charge in [-0.2, -0.15) is 5.10 Å². The summed E-state index contributed by atoms with van der Waals surface area (Å²) in [6.45, 7) is 3.75. The lowest BCUT2D eigenvalue weighted by Crippen LogP contribution is -2.33. The number of aromatic hydroxyl groups is 1. The van der Waals surface area contributed by atoms with E-state index in [9.17, 15) is 19.5 Å². The Labute approximate surface area is 174 Å². The van der Waals surface area contributed by atoms with Crippen molar-refractivity contribution in [3.8, 4) is 5.75 Å². The number of nitrogens with zero attached hydrogens (tertiary/aromatic N) is 1. The first kappa shape index (κ1) is 21.4. The van der Waals surface area contributed by atoms with Crippen molar-refractivity contribution in [1.82, 2.24) is 15.5 Å². The number of aromatic amines is 1. The molecule has 1 heterocycles. The molecule has 1 aromatic carbocycles. The number of carbonyl (C=O) groups excluding carboxylic acids is 3. The van der Waals surface area contributed by atoms with E-state index < -0.39 is 6.09 Å². The molecule has 0 radical (unpaired) electrons. The van der Waals surface area contributed by atoms with Gasteiger partial charge in [0.05, 0.1) is 12.0 Å². The average Bonchev–Trinajstić information content (AvgIpc) is 3.32. The van der Waals surface area contributed by atoms with Gasteiger partial charge in [0.15, 0.2) is 12.1 Å². The maximum atomic E-state index is 12.3. The van der Waals surface area contributed by atoms with E-state index in [-0.39, 0.29) is 41.7 Å². The largest absolute Gasteiger partial charge is 0.507 e. The summed E-state index contributed by atoms with van der Waals surface area (Å²) >= 11 is 0. The molecular formula is C21H26N4O5. The number of anilines is 1. The third kappa shape index (κ3) is 5.59. The molecule has 9 heteroatoms. The second-order valence-electron chi connectivity index (χ2n) is 7.78. The van der Waals surface area contributed by atoms with Crippen molar-refractivity contribution >= 4 is 24.1 Å². The predicted molar refractivity (Wildman–Crippen MR) is 110 cm³/mol. The fourth-order valence-electron chi connectivity index (χ4n) is 3.54. The maximum absolute atomic E-state index is 12.3. The zero-order valence-electron chi connectivity index (χ0n) is 17.0. The van der Waals surface area contributed by atoms with E-state index in [0.717, 1.165) is 18.5 Å². The van der Waals surface area contributed by atoms with Gasteiger partial charge in [-0.3, -0.25) is 14.7 Å². The molecule has 1 aliphatic carbocycles. The second-order valence-corrected chi connectivity index (χ2v) is 7.78. The number of alkyl carbamates (subject to hydrolysis) is 1. The van der Waals surface area contributed by atoms with E-state index in [0.29, 0.717) is 24.1 Å². The van der Waals surface area contributed by atoms with Gasteiger partial charge >= 0.3 is 6.09 Å². The molecular weight excluding hydrogens is 388 g/mol. The molecule has 1 aliphatic rings. The smallest absolute Gasteiger partial charge is 0.407 e. The van der Waals surface area contributed by atoms with Crippen LogP contribution in [0.15, 0.2) is 24.3 Å². The summed E-state index contributed by atoms with van der Waals surface area (Å²) < 4.78 is 5.44. The van der Waals surface area contributed by atoms with Crippen molar-refractivity contribution < 1.29 is 24.2 Å². The molecule has 160 valence electrons. The standard InChI is InChI=1S/C21H26N4O5/c1-12(2)22-21(29)30-16-5-4-14(9-16)17-10-19(25-24-17)23-20(28)8-13-3-6-18(27)15(7-13)11-26/h3,6-7,10-12,14,16,27H,4-5,8-9H2,1-2H3,(H,22,29)(H2,23,24,25,28)/t14-,16+/m0/s1. The number of aldehydes is 1. The molecule has 3 rings (SSSR count). The fourth-order valence-corrected chi connectivity index (χ4v) is 3.54. The Hall–Kier alpha value is -3.36. The number of phenolic OH excluding ortho intramolecular Hbond substituents is 1. The third-order valence-electron chi connectivity index (χ3n) is 4.95. The van der Waals surface area contributed by atoms with Crippen LogP contribution < -0.4 is 10.6 Å². The van der Waals surface area contributed by atoms with Crippen LogP contribution in [0.4, 0.5) is 10.6 Å². The molecule has 0 unspecified atom stereocenters. The van der Waals surface area contributed by atoms with Crippen LogP contribution in [-0.2, 0) is 16.0 Å². The minimum Gasteiger partial charge on any atom is -0.507 e. The van der Waals surface area contributed by atoms with Gasteiger partial charge in [0.25, 0.3) is 0 Å². The monoisotopic (exact) mass is 414 g/mol. The zero-order chi connectivity index (χ0) is 21.7. The Morgan fingerprint density at radius 2 is 2.13 bits per heavy atom. The molecule has 4 N–H and O–H groups in total. The number of hydrogen-bond acceptors (Lipinski definition) is 6. The molecule has 2 amide bonds. The summed E-state index contributed by atoms with van der Waals surface area (Å²) in [7, 11) is 0. The summed E-state index contributed by atoms with van der Waals surface area (Å²) in [6, 6.07) is 6.27. The molecule has 0 aliphatic heterocycles. The van der Waals surface area contributed by atoms with Crippen molar-refractivity contribution in [2.75, 3.05) is 5.32 Å². The zero-order valence-corrected chi connectivity index (χ0v) is 17.0. The summed E-state index contributed by atoms with van der Waals surface area (Å²) in [5.41, 5.74) is 1.63. The number of benzene rings is 1. The van der Waals surface area contributed by atoms with Crippen LogP contribution in [0, 0.1) is 0 Å². The van der Waals surface area contributed by atoms with Gasteiger partial charge < -0.3 is 20.5 Å². The second kappa shape index (κ2) is 9.43. The molecule has 1 aromatic heterocycles. The lowest BCUT2D eigenvalue weighted by molar-refractivity contribution is -0.115. The Morgan fingerprint density at radius 3 is 2.87 bits per heavy atom. The van der Waals surface area contributed by atoms with Crippen molar-refractivity contribution in [3.63, 3.8) is 0 Å². The van der Waals surface area contributed by atoms with Crippen LogP contribution in [0.1, 0.15) is 60.6 Å². The van der Waals surface area contributed by atoms with E-state index in [1.54, 1.807) is 12.1 Å². The Bertz CT molecular complexity index is 924. The van der Waals surface area contributed by atoms with E-state index in [1.165, 1.54) is 12.1 Å². The molecule has 0 saturated heterocycles. The van der Waals surface area contributed by atoms with Gasteiger partial charge in [-0.05, 0) is 50.8 Å². The first-order valence-corrected chi connectivity index (χ1v) is 9.93. The van der Waals surface area contributed by atoms with Gasteiger partial charge in [-0.15, -0.1) is 0 Å². The SMILES string of the molecule is CC(C)NC(=O)O[C@@H]1CC[C@H](c2cc(NC(=O)Cc3ccc(O)c(C=O)c3)n[nH]2)C1. The van der Waals surface area contributed by atoms with Crippen LogP contribution in [-0.4, -0.2) is 45.7 Å². The predicted octanol–water partition coefficient (Wildman–Crippen LogP) is 2.88. The minimum atomic E-state index is -0.403. The lowest BCUT2D eigenvalue weighted by atomic mass is 10.0. The number of ether oxygens (including phenoxy) is 1. The van der Waals surface area contributed by atoms with Gasteiger partial charge in [0.1, 0.15) is 11.9 Å². The summed E-state index contributed by atoms with van der Waals surface area (Å²) in [5, 5.41) is 22.1. The number of phenols is 1. The minimum absolute atomic E-state index is 0.0279. The van der Waals surface area contributed by atoms with Gasteiger partial charge in [-0.1, -0.05) is 6.07 Å². The third-order valence-corrected chi connectivity index (χ3v) is 4.95. The lowest BCUT2D eigenvalue weighted by Gasteiger charge is -2.14. The number of hydrogen-bond donors (Lipinski definition) is 4. The molecule has 0 bridgehead atoms. The van der Waals surface area contributed by atoms with Crippen LogP contribution in [0.5, 0.6) is 5.75 Å². The fraction of sp³-hybridized carbons (Fsp3) is 0.429. The number of amides is 2. The number of H-pyrrole nitrogens is 1. The molecule has 9 nitrogen and oxygen atoms in total. The summed E-state index contributed by atoms with van der Waals surface area (Å²) in [5.74, 6) is 0.179. The van der Waals surface area contributed by atoms with E-state index in [4.69, 9.17) is 4.74 Å². The van der Waals surface area contributed by atoms with Crippen molar-refractivity contribution in [3.05, 3.63) is 41.1 Å². The highest BCUT2D eigenvalue weighted by molar-refractivity contribution is 5.92. The number of aromatic nitrogens is 2. The molecule has 0 spiro atoms. The first-order chi connectivity index (χ1) is 14.3. The van der Waals surface area contributed by atoms with Crippen molar-refractivity contribution in [2.45, 2.75) is 57.6 Å².